The lowest BCUT2D eigenvalue weighted by molar-refractivity contribution is -0.388. The maximum Gasteiger partial charge on any atom is 0.356 e. The molecule has 0 spiro atoms. The van der Waals surface area contributed by atoms with Gasteiger partial charge < -0.3 is 9.47 Å². The van der Waals surface area contributed by atoms with Crippen LogP contribution in [-0.2, 0) is 28.8 Å². The fraction of sp³-hybridized carbons (Fsp3) is 0.583. The molecule has 108 valence electrons. The Bertz CT molecular complexity index is 518. The van der Waals surface area contributed by atoms with Crippen molar-refractivity contribution in [1.82, 2.24) is 5.43 Å². The van der Waals surface area contributed by atoms with Crippen molar-refractivity contribution in [1.29, 1.82) is 0 Å². The van der Waals surface area contributed by atoms with Crippen LogP contribution in [0.2, 0.25) is 0 Å². The molecule has 8 heteroatoms. The van der Waals surface area contributed by atoms with Crippen LogP contribution in [0.15, 0.2) is 16.4 Å². The Morgan fingerprint density at radius 2 is 1.95 bits per heavy atom. The Balaban J connectivity index is 2.04. The number of esters is 2. The van der Waals surface area contributed by atoms with Gasteiger partial charge in [0.2, 0.25) is 0 Å². The summed E-state index contributed by atoms with van der Waals surface area (Å²) in [6.45, 7) is 0. The number of hydrogen-bond acceptors (Lipinski definition) is 8. The first kappa shape index (κ1) is 13.1. The number of methoxy groups -OCH3 is 2. The van der Waals surface area contributed by atoms with Crippen molar-refractivity contribution < 1.29 is 28.8 Å². The lowest BCUT2D eigenvalue weighted by Gasteiger charge is -2.44. The van der Waals surface area contributed by atoms with Crippen LogP contribution < -0.4 is 5.43 Å². The van der Waals surface area contributed by atoms with E-state index in [1.54, 1.807) is 0 Å². The fourth-order valence-electron chi connectivity index (χ4n) is 2.81. The van der Waals surface area contributed by atoms with Gasteiger partial charge in [0.1, 0.15) is 17.9 Å². The maximum atomic E-state index is 11.8. The molecule has 3 unspecified atom stereocenters. The molecule has 2 saturated heterocycles. The molecule has 2 bridgehead atoms. The number of hydrazone groups is 1. The van der Waals surface area contributed by atoms with E-state index in [0.29, 0.717) is 12.0 Å². The van der Waals surface area contributed by atoms with Crippen molar-refractivity contribution in [2.45, 2.75) is 25.0 Å². The molecule has 1 saturated carbocycles. The molecule has 1 N–H and O–H groups in total. The molecular weight excluding hydrogens is 268 g/mol. The zero-order valence-electron chi connectivity index (χ0n) is 11.0. The summed E-state index contributed by atoms with van der Waals surface area (Å²) < 4.78 is 9.45. The number of nitrogens with one attached hydrogen (secondary N) is 1. The van der Waals surface area contributed by atoms with E-state index in [2.05, 4.69) is 10.5 Å². The van der Waals surface area contributed by atoms with E-state index in [0.717, 1.165) is 6.42 Å². The highest BCUT2D eigenvalue weighted by molar-refractivity contribution is 6.38. The predicted molar refractivity (Wildman–Crippen MR) is 64.1 cm³/mol. The molecule has 3 heterocycles. The normalized spacial score (nSPS) is 31.1. The van der Waals surface area contributed by atoms with E-state index < -0.39 is 17.9 Å². The van der Waals surface area contributed by atoms with Crippen LogP contribution in [0.25, 0.3) is 0 Å². The van der Waals surface area contributed by atoms with Crippen molar-refractivity contribution in [3.8, 4) is 0 Å². The highest BCUT2D eigenvalue weighted by Gasteiger charge is 2.51. The second-order valence-electron chi connectivity index (χ2n) is 4.70. The van der Waals surface area contributed by atoms with Crippen LogP contribution in [0.4, 0.5) is 0 Å². The van der Waals surface area contributed by atoms with Gasteiger partial charge in [-0.25, -0.2) is 19.4 Å². The van der Waals surface area contributed by atoms with E-state index >= 15 is 0 Å². The highest BCUT2D eigenvalue weighted by atomic mass is 17.2. The third-order valence-electron chi connectivity index (χ3n) is 3.72. The van der Waals surface area contributed by atoms with Crippen molar-refractivity contribution in [3.05, 3.63) is 11.3 Å². The summed E-state index contributed by atoms with van der Waals surface area (Å²) >= 11 is 0. The molecule has 0 aromatic rings. The van der Waals surface area contributed by atoms with Crippen molar-refractivity contribution in [3.63, 3.8) is 0 Å². The topological polar surface area (TPSA) is 95.5 Å². The summed E-state index contributed by atoms with van der Waals surface area (Å²) in [5, 5.41) is 3.95. The lowest BCUT2D eigenvalue weighted by Crippen LogP contribution is -2.53. The summed E-state index contributed by atoms with van der Waals surface area (Å²) in [6.07, 6.45) is 0.701. The zero-order valence-corrected chi connectivity index (χ0v) is 11.0. The minimum absolute atomic E-state index is 0.188. The second-order valence-corrected chi connectivity index (χ2v) is 4.70. The van der Waals surface area contributed by atoms with E-state index in [4.69, 9.17) is 19.2 Å². The van der Waals surface area contributed by atoms with Crippen LogP contribution in [0.3, 0.4) is 0 Å². The molecular formula is C12H14N2O6. The van der Waals surface area contributed by atoms with Gasteiger partial charge in [0.05, 0.1) is 20.1 Å². The lowest BCUT2D eigenvalue weighted by atomic mass is 9.75. The Labute approximate surface area is 114 Å². The molecule has 20 heavy (non-hydrogen) atoms. The molecule has 1 aliphatic carbocycles. The van der Waals surface area contributed by atoms with E-state index in [1.807, 2.05) is 0 Å². The smallest absolute Gasteiger partial charge is 0.356 e. The Morgan fingerprint density at radius 3 is 2.55 bits per heavy atom. The number of rotatable bonds is 2. The average molecular weight is 282 g/mol. The quantitative estimate of drug-likeness (QED) is 0.546. The summed E-state index contributed by atoms with van der Waals surface area (Å²) in [4.78, 5) is 34.1. The van der Waals surface area contributed by atoms with Crippen molar-refractivity contribution >= 4 is 17.7 Å². The van der Waals surface area contributed by atoms with Crippen LogP contribution in [0.1, 0.15) is 12.8 Å². The third kappa shape index (κ3) is 1.80. The van der Waals surface area contributed by atoms with Gasteiger partial charge in [0, 0.05) is 5.57 Å². The number of fused-ring (bicyclic) bond motifs is 2. The zero-order chi connectivity index (χ0) is 14.3. The van der Waals surface area contributed by atoms with Gasteiger partial charge in [-0.05, 0) is 12.8 Å². The standard InChI is InChI=1S/C12H14N2O6/c1-17-11(15)9-7-5-3-4-6(20-19-5)8(7)10(14-13-9)12(16)18-2/h5-7,14H,3-4H2,1-2H3. The van der Waals surface area contributed by atoms with Crippen LogP contribution in [0.5, 0.6) is 0 Å². The van der Waals surface area contributed by atoms with Gasteiger partial charge in [-0.15, -0.1) is 0 Å². The number of carbonyl (C=O) groups is 2. The summed E-state index contributed by atoms with van der Waals surface area (Å²) in [6, 6.07) is 0. The average Bonchev–Trinajstić information content (AvgIpc) is 2.53. The van der Waals surface area contributed by atoms with Gasteiger partial charge in [-0.3, -0.25) is 5.43 Å². The maximum absolute atomic E-state index is 11.8. The summed E-state index contributed by atoms with van der Waals surface area (Å²) in [5.74, 6) is -1.54. The predicted octanol–water partition coefficient (Wildman–Crippen LogP) is -0.345. The second kappa shape index (κ2) is 4.88. The molecule has 3 fully saturated rings. The molecule has 0 radical (unpaired) electrons. The van der Waals surface area contributed by atoms with Gasteiger partial charge in [0.25, 0.3) is 0 Å². The largest absolute Gasteiger partial charge is 0.464 e. The molecule has 4 aliphatic rings. The number of carbonyl (C=O) groups excluding carboxylic acids is 2. The summed E-state index contributed by atoms with van der Waals surface area (Å²) in [7, 11) is 2.56. The van der Waals surface area contributed by atoms with Crippen molar-refractivity contribution in [2.24, 2.45) is 11.0 Å². The first-order valence-electron chi connectivity index (χ1n) is 6.23. The number of ether oxygens (including phenoxy) is 2. The minimum atomic E-state index is -0.555. The van der Waals surface area contributed by atoms with Gasteiger partial charge >= 0.3 is 11.9 Å². The highest BCUT2D eigenvalue weighted by Crippen LogP contribution is 2.42. The first-order valence-corrected chi connectivity index (χ1v) is 6.23. The fourth-order valence-corrected chi connectivity index (χ4v) is 2.81. The minimum Gasteiger partial charge on any atom is -0.464 e. The number of hydrogen-bond donors (Lipinski definition) is 1. The molecule has 3 atom stereocenters. The van der Waals surface area contributed by atoms with E-state index in [1.165, 1.54) is 14.2 Å². The Hall–Kier alpha value is -1.93. The molecule has 8 nitrogen and oxygen atoms in total. The Kier molecular flexibility index (Phi) is 3.19. The SMILES string of the molecule is COC(=O)C1=NNC(C(=O)OC)=C2C3CCC(OO3)C12. The van der Waals surface area contributed by atoms with Crippen LogP contribution in [0, 0.1) is 5.92 Å². The number of nitrogens with zero attached hydrogens (tertiary/aromatic N) is 1. The summed E-state index contributed by atoms with van der Waals surface area (Å²) in [5.41, 5.74) is 3.62. The monoisotopic (exact) mass is 282 g/mol. The van der Waals surface area contributed by atoms with E-state index in [-0.39, 0.29) is 23.6 Å². The third-order valence-corrected chi connectivity index (χ3v) is 3.72. The van der Waals surface area contributed by atoms with Gasteiger partial charge in [-0.2, -0.15) is 5.10 Å². The molecule has 0 amide bonds. The molecule has 3 aliphatic heterocycles. The Morgan fingerprint density at radius 1 is 1.20 bits per heavy atom. The van der Waals surface area contributed by atoms with Crippen molar-refractivity contribution in [2.75, 3.05) is 14.2 Å². The molecule has 0 aromatic carbocycles. The van der Waals surface area contributed by atoms with E-state index in [9.17, 15) is 9.59 Å². The molecule has 4 rings (SSSR count). The van der Waals surface area contributed by atoms with Gasteiger partial charge in [-0.1, -0.05) is 0 Å². The first-order chi connectivity index (χ1) is 9.67. The molecule has 0 aromatic heterocycles. The van der Waals surface area contributed by atoms with Crippen LogP contribution >= 0.6 is 0 Å². The van der Waals surface area contributed by atoms with Gasteiger partial charge in [0.15, 0.2) is 5.71 Å². The van der Waals surface area contributed by atoms with Crippen LogP contribution in [-0.4, -0.2) is 44.1 Å².